The number of hydrogen-bond acceptors (Lipinski definition) is 5. The lowest BCUT2D eigenvalue weighted by Crippen LogP contribution is -2.49. The van der Waals surface area contributed by atoms with Crippen LogP contribution in [0.3, 0.4) is 0 Å². The summed E-state index contributed by atoms with van der Waals surface area (Å²) in [7, 11) is 0. The molecule has 1 unspecified atom stereocenters. The molecule has 0 saturated carbocycles. The monoisotopic (exact) mass is 550 g/mol. The fourth-order valence-electron chi connectivity index (χ4n) is 5.52. The molecule has 5 rings (SSSR count). The highest BCUT2D eigenvalue weighted by Crippen LogP contribution is 2.33. The molecule has 2 saturated heterocycles. The first-order valence-electron chi connectivity index (χ1n) is 14.1. The summed E-state index contributed by atoms with van der Waals surface area (Å²) in [6.07, 6.45) is 15.7. The summed E-state index contributed by atoms with van der Waals surface area (Å²) in [5.41, 5.74) is 1.45. The minimum absolute atomic E-state index is 0.176. The van der Waals surface area contributed by atoms with Crippen LogP contribution in [0.1, 0.15) is 45.1 Å². The van der Waals surface area contributed by atoms with E-state index in [2.05, 4.69) is 38.5 Å². The van der Waals surface area contributed by atoms with Gasteiger partial charge in [-0.15, -0.1) is 0 Å². The predicted molar refractivity (Wildman–Crippen MR) is 157 cm³/mol. The van der Waals surface area contributed by atoms with Crippen molar-refractivity contribution in [1.29, 1.82) is 5.41 Å². The number of likely N-dealkylation sites (tertiary alicyclic amines) is 2. The maximum atomic E-state index is 15.9. The highest BCUT2D eigenvalue weighted by Gasteiger charge is 2.43. The molecular weight excluding hydrogens is 510 g/mol. The van der Waals surface area contributed by atoms with Gasteiger partial charge >= 0.3 is 0 Å². The fraction of sp³-hybridized carbons (Fsp3) is 0.452. The lowest BCUT2D eigenvalue weighted by molar-refractivity contribution is -0.146. The summed E-state index contributed by atoms with van der Waals surface area (Å²) in [4.78, 5) is 21.5. The van der Waals surface area contributed by atoms with E-state index in [4.69, 9.17) is 5.41 Å². The molecular formula is C31H40F2N6O. The maximum Gasteiger partial charge on any atom is 0.260 e. The van der Waals surface area contributed by atoms with Gasteiger partial charge in [-0.25, -0.2) is 13.8 Å². The van der Waals surface area contributed by atoms with Gasteiger partial charge in [0, 0.05) is 62.7 Å². The average molecular weight is 551 g/mol. The van der Waals surface area contributed by atoms with Crippen molar-refractivity contribution in [2.75, 3.05) is 39.3 Å². The number of fused-ring (bicyclic) bond motifs is 1. The van der Waals surface area contributed by atoms with Gasteiger partial charge in [0.15, 0.2) is 5.67 Å². The zero-order chi connectivity index (χ0) is 28.5. The Hall–Kier alpha value is -3.59. The van der Waals surface area contributed by atoms with Gasteiger partial charge in [-0.05, 0) is 63.4 Å². The summed E-state index contributed by atoms with van der Waals surface area (Å²) < 4.78 is 31.4. The molecule has 0 aliphatic carbocycles. The minimum atomic E-state index is -1.78. The maximum absolute atomic E-state index is 15.9. The van der Waals surface area contributed by atoms with Crippen LogP contribution in [0.2, 0.25) is 0 Å². The molecule has 1 aromatic heterocycles. The Morgan fingerprint density at radius 3 is 2.73 bits per heavy atom. The summed E-state index contributed by atoms with van der Waals surface area (Å²) in [6, 6.07) is 4.80. The van der Waals surface area contributed by atoms with Crippen molar-refractivity contribution < 1.29 is 13.6 Å². The van der Waals surface area contributed by atoms with Crippen molar-refractivity contribution in [3.05, 3.63) is 79.1 Å². The number of carbonyl (C=O) groups excluding carboxylic acids is 1. The van der Waals surface area contributed by atoms with Crippen LogP contribution >= 0.6 is 0 Å². The van der Waals surface area contributed by atoms with Gasteiger partial charge in [0.25, 0.3) is 5.91 Å². The minimum Gasteiger partial charge on any atom is -0.384 e. The fourth-order valence-corrected chi connectivity index (χ4v) is 5.52. The van der Waals surface area contributed by atoms with Crippen molar-refractivity contribution in [3.8, 4) is 0 Å². The number of nitrogens with zero attached hydrogens (tertiary/aromatic N) is 4. The smallest absolute Gasteiger partial charge is 0.260 e. The first kappa shape index (κ1) is 29.4. The predicted octanol–water partition coefficient (Wildman–Crippen LogP) is 5.34. The third-order valence-corrected chi connectivity index (χ3v) is 7.69. The number of dihydropyridines is 1. The van der Waals surface area contributed by atoms with E-state index in [1.54, 1.807) is 42.4 Å². The number of carbonyl (C=O) groups is 1. The molecule has 4 heterocycles. The number of rotatable bonds is 6. The van der Waals surface area contributed by atoms with Crippen molar-refractivity contribution in [1.82, 2.24) is 24.7 Å². The van der Waals surface area contributed by atoms with E-state index in [0.29, 0.717) is 37.3 Å². The molecule has 9 heteroatoms. The standard InChI is InChI=1S/C25H31F2N5O.C6H9N/c26-19-5-6-23-22(16-19)29-18-32(23)21-7-13-31(14-8-21)24(33)25(27)9-3-12-30(15-10-25)17-20-4-1-2-11-28-20;1-3-4-5-6(2)7/h1-2,4-6,16,18,21,28H,3,7-15,17H2;3-5,7H,1H2,2H3/b;5-4-,7-6?. The van der Waals surface area contributed by atoms with E-state index in [-0.39, 0.29) is 30.6 Å². The van der Waals surface area contributed by atoms with Crippen LogP contribution in [0, 0.1) is 11.2 Å². The number of halogens is 2. The van der Waals surface area contributed by atoms with Crippen LogP contribution in [0.15, 0.2) is 73.3 Å². The lowest BCUT2D eigenvalue weighted by atomic mass is 9.93. The third kappa shape index (κ3) is 7.53. The van der Waals surface area contributed by atoms with Gasteiger partial charge in [0.2, 0.25) is 0 Å². The first-order chi connectivity index (χ1) is 19.3. The first-order valence-corrected chi connectivity index (χ1v) is 14.1. The Kier molecular flexibility index (Phi) is 10.0. The van der Waals surface area contributed by atoms with E-state index in [1.165, 1.54) is 12.1 Å². The molecule has 0 radical (unpaired) electrons. The molecule has 0 spiro atoms. The van der Waals surface area contributed by atoms with Gasteiger partial charge in [-0.3, -0.25) is 9.69 Å². The number of piperidine rings is 1. The van der Waals surface area contributed by atoms with Gasteiger partial charge in [-0.1, -0.05) is 30.9 Å². The largest absolute Gasteiger partial charge is 0.384 e. The normalized spacial score (nSPS) is 22.3. The number of aromatic nitrogens is 2. The van der Waals surface area contributed by atoms with Crippen molar-refractivity contribution in [2.24, 2.45) is 0 Å². The number of hydrogen-bond donors (Lipinski definition) is 2. The van der Waals surface area contributed by atoms with Crippen molar-refractivity contribution in [2.45, 2.75) is 50.7 Å². The van der Waals surface area contributed by atoms with Crippen LogP contribution in [0.25, 0.3) is 11.0 Å². The molecule has 214 valence electrons. The van der Waals surface area contributed by atoms with E-state index in [9.17, 15) is 9.18 Å². The number of benzene rings is 1. The van der Waals surface area contributed by atoms with Crippen LogP contribution in [-0.4, -0.2) is 75.9 Å². The number of allylic oxidation sites excluding steroid dienone is 5. The van der Waals surface area contributed by atoms with Gasteiger partial charge in [-0.2, -0.15) is 0 Å². The van der Waals surface area contributed by atoms with Crippen LogP contribution in [0.5, 0.6) is 0 Å². The third-order valence-electron chi connectivity index (χ3n) is 7.69. The van der Waals surface area contributed by atoms with Crippen LogP contribution in [0.4, 0.5) is 8.78 Å². The quantitative estimate of drug-likeness (QED) is 0.376. The number of imidazole rings is 1. The van der Waals surface area contributed by atoms with E-state index < -0.39 is 5.67 Å². The second-order valence-corrected chi connectivity index (χ2v) is 10.7. The molecule has 40 heavy (non-hydrogen) atoms. The van der Waals surface area contributed by atoms with Crippen LogP contribution in [-0.2, 0) is 4.79 Å². The number of amides is 1. The summed E-state index contributed by atoms with van der Waals surface area (Å²) in [6.45, 7) is 9.21. The summed E-state index contributed by atoms with van der Waals surface area (Å²) >= 11 is 0. The molecule has 1 aromatic carbocycles. The molecule has 7 nitrogen and oxygen atoms in total. The topological polar surface area (TPSA) is 77.2 Å². The van der Waals surface area contributed by atoms with E-state index in [1.807, 2.05) is 6.08 Å². The molecule has 3 aliphatic heterocycles. The molecule has 0 bridgehead atoms. The van der Waals surface area contributed by atoms with Gasteiger partial charge < -0.3 is 20.2 Å². The zero-order valence-corrected chi connectivity index (χ0v) is 23.3. The van der Waals surface area contributed by atoms with E-state index >= 15 is 4.39 Å². The van der Waals surface area contributed by atoms with Gasteiger partial charge in [0.1, 0.15) is 5.82 Å². The molecule has 3 aliphatic rings. The summed E-state index contributed by atoms with van der Waals surface area (Å²) in [5, 5.41) is 10.2. The Balaban J connectivity index is 0.000000470. The SMILES string of the molecule is C=C/C=C\C(C)=N.O=C(N1CCC(n2cnc3cc(F)ccc32)CC1)C1(F)CCCN(CC2=CC=CCN2)CC1. The zero-order valence-electron chi connectivity index (χ0n) is 23.3. The second kappa shape index (κ2) is 13.7. The molecule has 2 N–H and O–H groups in total. The number of nitrogens with one attached hydrogen (secondary N) is 2. The summed E-state index contributed by atoms with van der Waals surface area (Å²) in [5.74, 6) is -0.648. The van der Waals surface area contributed by atoms with Crippen LogP contribution < -0.4 is 5.32 Å². The van der Waals surface area contributed by atoms with Gasteiger partial charge in [0.05, 0.1) is 17.4 Å². The Bertz CT molecular complexity index is 1290. The van der Waals surface area contributed by atoms with E-state index in [0.717, 1.165) is 43.7 Å². The Morgan fingerprint density at radius 2 is 2.05 bits per heavy atom. The molecule has 1 atom stereocenters. The Morgan fingerprint density at radius 1 is 1.25 bits per heavy atom. The lowest BCUT2D eigenvalue weighted by Gasteiger charge is -2.36. The van der Waals surface area contributed by atoms with Crippen molar-refractivity contribution in [3.63, 3.8) is 0 Å². The average Bonchev–Trinajstić information content (AvgIpc) is 3.28. The Labute approximate surface area is 235 Å². The highest BCUT2D eigenvalue weighted by atomic mass is 19.1. The highest BCUT2D eigenvalue weighted by molar-refractivity contribution is 5.90. The molecule has 2 fully saturated rings. The molecule has 2 aromatic rings. The van der Waals surface area contributed by atoms with Crippen molar-refractivity contribution >= 4 is 22.7 Å². The second-order valence-electron chi connectivity index (χ2n) is 10.7. The number of alkyl halides is 1. The molecule has 1 amide bonds.